The van der Waals surface area contributed by atoms with Crippen LogP contribution in [0.3, 0.4) is 0 Å². The predicted molar refractivity (Wildman–Crippen MR) is 84.7 cm³/mol. The molecule has 3 fully saturated rings. The van der Waals surface area contributed by atoms with Crippen molar-refractivity contribution in [3.8, 4) is 0 Å². The summed E-state index contributed by atoms with van der Waals surface area (Å²) < 4.78 is 23.5. The number of carbonyl (C=O) groups is 1. The van der Waals surface area contributed by atoms with Crippen LogP contribution in [0.2, 0.25) is 0 Å². The molecule has 0 N–H and O–H groups in total. The molecule has 0 aromatic carbocycles. The van der Waals surface area contributed by atoms with Crippen LogP contribution in [0.15, 0.2) is 5.38 Å². The van der Waals surface area contributed by atoms with Gasteiger partial charge in [-0.05, 0) is 19.3 Å². The molecule has 0 spiro atoms. The smallest absolute Gasteiger partial charge is 0.228 e. The zero-order chi connectivity index (χ0) is 15.3. The molecule has 0 radical (unpaired) electrons. The number of likely N-dealkylation sites (tertiary alicyclic amines) is 1. The Hall–Kier alpha value is -0.950. The van der Waals surface area contributed by atoms with Crippen LogP contribution in [-0.4, -0.2) is 47.8 Å². The van der Waals surface area contributed by atoms with Gasteiger partial charge in [-0.15, -0.1) is 11.3 Å². The van der Waals surface area contributed by atoms with Gasteiger partial charge in [0.2, 0.25) is 5.91 Å². The standard InChI is InChI=1S/C15H20N2O3S2/c18-14(17-7-13-6-12(17)9-22(13,19)20)5-11-8-21-15(16-11)10-3-1-2-4-10/h8,10,12-13H,1-7,9H2/t12-,13-/m0/s1. The second kappa shape index (κ2) is 5.30. The van der Waals surface area contributed by atoms with Crippen LogP contribution in [0.25, 0.3) is 0 Å². The van der Waals surface area contributed by atoms with Crippen molar-refractivity contribution in [2.24, 2.45) is 0 Å². The molecule has 1 saturated carbocycles. The third-order valence-electron chi connectivity index (χ3n) is 5.24. The van der Waals surface area contributed by atoms with Gasteiger partial charge in [-0.2, -0.15) is 0 Å². The number of hydrogen-bond donors (Lipinski definition) is 0. The molecule has 22 heavy (non-hydrogen) atoms. The van der Waals surface area contributed by atoms with Gasteiger partial charge in [0.15, 0.2) is 9.84 Å². The molecule has 2 saturated heterocycles. The third kappa shape index (κ3) is 2.48. The maximum Gasteiger partial charge on any atom is 0.228 e. The van der Waals surface area contributed by atoms with Crippen LogP contribution in [0.4, 0.5) is 0 Å². The van der Waals surface area contributed by atoms with E-state index in [1.807, 2.05) is 5.38 Å². The van der Waals surface area contributed by atoms with Crippen molar-refractivity contribution in [2.45, 2.75) is 55.7 Å². The average Bonchev–Trinajstić information content (AvgIpc) is 3.20. The molecule has 1 aromatic rings. The number of thiazole rings is 1. The van der Waals surface area contributed by atoms with Gasteiger partial charge in [0.25, 0.3) is 0 Å². The lowest BCUT2D eigenvalue weighted by Gasteiger charge is -2.26. The summed E-state index contributed by atoms with van der Waals surface area (Å²) in [7, 11) is -2.94. The number of amides is 1. The van der Waals surface area contributed by atoms with E-state index in [4.69, 9.17) is 0 Å². The molecular formula is C15H20N2O3S2. The molecule has 2 bridgehead atoms. The van der Waals surface area contributed by atoms with Crippen molar-refractivity contribution < 1.29 is 13.2 Å². The van der Waals surface area contributed by atoms with E-state index in [1.165, 1.54) is 30.7 Å². The second-order valence-electron chi connectivity index (χ2n) is 6.72. The summed E-state index contributed by atoms with van der Waals surface area (Å²) >= 11 is 1.67. The van der Waals surface area contributed by atoms with E-state index in [9.17, 15) is 13.2 Å². The first-order valence-electron chi connectivity index (χ1n) is 7.98. The number of sulfone groups is 1. The van der Waals surface area contributed by atoms with Crippen molar-refractivity contribution in [2.75, 3.05) is 12.3 Å². The zero-order valence-electron chi connectivity index (χ0n) is 12.4. The van der Waals surface area contributed by atoms with E-state index in [0.717, 1.165) is 5.69 Å². The van der Waals surface area contributed by atoms with E-state index in [0.29, 0.717) is 25.3 Å². The molecule has 2 atom stereocenters. The molecule has 1 amide bonds. The molecule has 7 heteroatoms. The molecule has 4 rings (SSSR count). The Kier molecular flexibility index (Phi) is 3.52. The number of rotatable bonds is 3. The summed E-state index contributed by atoms with van der Waals surface area (Å²) in [5, 5.41) is 2.84. The topological polar surface area (TPSA) is 67.3 Å². The van der Waals surface area contributed by atoms with Crippen LogP contribution in [-0.2, 0) is 21.1 Å². The largest absolute Gasteiger partial charge is 0.337 e. The third-order valence-corrected chi connectivity index (χ3v) is 8.50. The SMILES string of the molecule is O=C(Cc1csc(C2CCCC2)n1)N1C[C@@H]2C[C@H]1CS2(=O)=O. The highest BCUT2D eigenvalue weighted by molar-refractivity contribution is 7.92. The van der Waals surface area contributed by atoms with Crippen molar-refractivity contribution in [3.63, 3.8) is 0 Å². The fraction of sp³-hybridized carbons (Fsp3) is 0.733. The number of aromatic nitrogens is 1. The number of hydrogen-bond acceptors (Lipinski definition) is 5. The fourth-order valence-electron chi connectivity index (χ4n) is 4.02. The molecule has 0 unspecified atom stereocenters. The Morgan fingerprint density at radius 2 is 2.14 bits per heavy atom. The highest BCUT2D eigenvalue weighted by atomic mass is 32.2. The van der Waals surface area contributed by atoms with Gasteiger partial charge in [-0.1, -0.05) is 12.8 Å². The lowest BCUT2D eigenvalue weighted by atomic mass is 10.1. The van der Waals surface area contributed by atoms with E-state index in [2.05, 4.69) is 4.98 Å². The number of nitrogens with zero attached hydrogens (tertiary/aromatic N) is 2. The maximum atomic E-state index is 12.4. The second-order valence-corrected chi connectivity index (χ2v) is 9.94. The van der Waals surface area contributed by atoms with Crippen molar-refractivity contribution >= 4 is 27.1 Å². The molecule has 3 aliphatic rings. The van der Waals surface area contributed by atoms with Gasteiger partial charge < -0.3 is 4.90 Å². The summed E-state index contributed by atoms with van der Waals surface area (Å²) in [6, 6.07) is -0.101. The maximum absolute atomic E-state index is 12.4. The number of carbonyl (C=O) groups excluding carboxylic acids is 1. The molecule has 120 valence electrons. The van der Waals surface area contributed by atoms with E-state index in [1.54, 1.807) is 16.2 Å². The Morgan fingerprint density at radius 1 is 1.36 bits per heavy atom. The first-order chi connectivity index (χ1) is 10.5. The van der Waals surface area contributed by atoms with Gasteiger partial charge >= 0.3 is 0 Å². The highest BCUT2D eigenvalue weighted by Gasteiger charge is 2.49. The van der Waals surface area contributed by atoms with Crippen molar-refractivity contribution in [1.29, 1.82) is 0 Å². The molecule has 3 heterocycles. The summed E-state index contributed by atoms with van der Waals surface area (Å²) in [5.41, 5.74) is 0.850. The Labute approximate surface area is 134 Å². The Balaban J connectivity index is 1.41. The quantitative estimate of drug-likeness (QED) is 0.840. The summed E-state index contributed by atoms with van der Waals surface area (Å²) in [6.45, 7) is 0.380. The lowest BCUT2D eigenvalue weighted by molar-refractivity contribution is -0.131. The average molecular weight is 340 g/mol. The van der Waals surface area contributed by atoms with Crippen LogP contribution < -0.4 is 0 Å². The summed E-state index contributed by atoms with van der Waals surface area (Å²) in [4.78, 5) is 18.9. The fourth-order valence-corrected chi connectivity index (χ4v) is 7.04. The van der Waals surface area contributed by atoms with Gasteiger partial charge in [-0.3, -0.25) is 4.79 Å². The Morgan fingerprint density at radius 3 is 2.77 bits per heavy atom. The Bertz CT molecular complexity index is 691. The molecule has 2 aliphatic heterocycles. The molecule has 5 nitrogen and oxygen atoms in total. The van der Waals surface area contributed by atoms with Crippen molar-refractivity contribution in [1.82, 2.24) is 9.88 Å². The van der Waals surface area contributed by atoms with Gasteiger partial charge in [0.05, 0.1) is 28.1 Å². The van der Waals surface area contributed by atoms with Gasteiger partial charge in [0, 0.05) is 23.9 Å². The monoisotopic (exact) mass is 340 g/mol. The van der Waals surface area contributed by atoms with Gasteiger partial charge in [0.1, 0.15) is 0 Å². The minimum Gasteiger partial charge on any atom is -0.337 e. The van der Waals surface area contributed by atoms with E-state index < -0.39 is 9.84 Å². The predicted octanol–water partition coefficient (Wildman–Crippen LogP) is 1.74. The normalized spacial score (nSPS) is 30.3. The summed E-state index contributed by atoms with van der Waals surface area (Å²) in [6.07, 6.45) is 5.93. The van der Waals surface area contributed by atoms with Crippen LogP contribution in [0.1, 0.15) is 48.7 Å². The molecule has 1 aliphatic carbocycles. The molecular weight excluding hydrogens is 320 g/mol. The highest BCUT2D eigenvalue weighted by Crippen LogP contribution is 2.36. The first-order valence-corrected chi connectivity index (χ1v) is 10.6. The first kappa shape index (κ1) is 14.6. The zero-order valence-corrected chi connectivity index (χ0v) is 14.0. The minimum absolute atomic E-state index is 0.0330. The summed E-state index contributed by atoms with van der Waals surface area (Å²) in [5.74, 6) is 0.765. The molecule has 1 aromatic heterocycles. The van der Waals surface area contributed by atoms with Crippen molar-refractivity contribution in [3.05, 3.63) is 16.1 Å². The van der Waals surface area contributed by atoms with E-state index in [-0.39, 0.29) is 23.0 Å². The van der Waals surface area contributed by atoms with Crippen LogP contribution in [0, 0.1) is 0 Å². The number of fused-ring (bicyclic) bond motifs is 2. The minimum atomic E-state index is -2.94. The van der Waals surface area contributed by atoms with E-state index >= 15 is 0 Å². The lowest BCUT2D eigenvalue weighted by Crippen LogP contribution is -2.44. The van der Waals surface area contributed by atoms with Gasteiger partial charge in [-0.25, -0.2) is 13.4 Å². The van der Waals surface area contributed by atoms with Crippen LogP contribution in [0.5, 0.6) is 0 Å². The van der Waals surface area contributed by atoms with Crippen LogP contribution >= 0.6 is 11.3 Å².